The van der Waals surface area contributed by atoms with Crippen LogP contribution in [0.2, 0.25) is 0 Å². The SMILES string of the molecule is Cc1csc(Nc2ncc(SC(C(=O)N3CCCC3)C3CCNCC3)cc2Oc2ccccc2)n1.O=C(O)C(F)(F)F.O=C(O)C(F)(F)F. The van der Waals surface area contributed by atoms with Crippen LogP contribution in [0.15, 0.2) is 52.9 Å². The lowest BCUT2D eigenvalue weighted by molar-refractivity contribution is -0.193. The van der Waals surface area contributed by atoms with Crippen LogP contribution in [0.4, 0.5) is 37.3 Å². The molecular weight excluding hydrogens is 704 g/mol. The van der Waals surface area contributed by atoms with Gasteiger partial charge in [0.15, 0.2) is 16.7 Å². The zero-order valence-electron chi connectivity index (χ0n) is 25.9. The fourth-order valence-electron chi connectivity index (χ4n) is 4.55. The monoisotopic (exact) mass is 737 g/mol. The number of carbonyl (C=O) groups excluding carboxylic acids is 1. The van der Waals surface area contributed by atoms with Gasteiger partial charge in [0.25, 0.3) is 0 Å². The van der Waals surface area contributed by atoms with Crippen LogP contribution in [0.1, 0.15) is 31.4 Å². The average molecular weight is 738 g/mol. The molecule has 1 atom stereocenters. The van der Waals surface area contributed by atoms with Gasteiger partial charge in [0.1, 0.15) is 5.75 Å². The molecule has 4 N–H and O–H groups in total. The zero-order valence-corrected chi connectivity index (χ0v) is 27.5. The number of aromatic nitrogens is 2. The topological polar surface area (TPSA) is 154 Å². The van der Waals surface area contributed by atoms with Gasteiger partial charge < -0.3 is 30.5 Å². The molecule has 0 spiro atoms. The minimum absolute atomic E-state index is 0.109. The zero-order chi connectivity index (χ0) is 36.2. The molecule has 2 aliphatic rings. The fourth-order valence-corrected chi connectivity index (χ4v) is 6.53. The molecule has 2 saturated heterocycles. The number of nitrogens with one attached hydrogen (secondary N) is 2. The highest BCUT2D eigenvalue weighted by molar-refractivity contribution is 8.00. The van der Waals surface area contributed by atoms with Gasteiger partial charge in [-0.1, -0.05) is 18.2 Å². The van der Waals surface area contributed by atoms with Gasteiger partial charge in [0, 0.05) is 29.6 Å². The number of aryl methyl sites for hydroxylation is 1. The van der Waals surface area contributed by atoms with Gasteiger partial charge in [0.05, 0.1) is 10.9 Å². The number of nitrogens with zero attached hydrogens (tertiary/aromatic N) is 3. The number of carboxylic acids is 2. The Bertz CT molecular complexity index is 1510. The van der Waals surface area contributed by atoms with Crippen molar-refractivity contribution in [3.05, 3.63) is 53.7 Å². The van der Waals surface area contributed by atoms with Gasteiger partial charge in [-0.2, -0.15) is 26.3 Å². The summed E-state index contributed by atoms with van der Waals surface area (Å²) < 4.78 is 69.7. The number of amides is 1. The number of carboxylic acid groups (broad SMARTS) is 2. The molecule has 49 heavy (non-hydrogen) atoms. The van der Waals surface area contributed by atoms with E-state index in [9.17, 15) is 31.1 Å². The number of ether oxygens (including phenoxy) is 1. The van der Waals surface area contributed by atoms with Gasteiger partial charge in [0.2, 0.25) is 5.91 Å². The minimum atomic E-state index is -5.08. The Morgan fingerprint density at radius 1 is 1.02 bits per heavy atom. The molecule has 0 aliphatic carbocycles. The van der Waals surface area contributed by atoms with Crippen molar-refractivity contribution in [3.8, 4) is 11.5 Å². The first-order valence-electron chi connectivity index (χ1n) is 14.7. The van der Waals surface area contributed by atoms with E-state index in [0.717, 1.165) is 73.3 Å². The molecule has 19 heteroatoms. The Morgan fingerprint density at radius 3 is 2.10 bits per heavy atom. The number of aliphatic carboxylic acids is 2. The summed E-state index contributed by atoms with van der Waals surface area (Å²) in [5.41, 5.74) is 0.959. The number of rotatable bonds is 8. The maximum atomic E-state index is 13.5. The molecule has 2 fully saturated rings. The minimum Gasteiger partial charge on any atom is -0.475 e. The smallest absolute Gasteiger partial charge is 0.475 e. The van der Waals surface area contributed by atoms with E-state index in [0.29, 0.717) is 17.5 Å². The first kappa shape index (κ1) is 39.3. The lowest BCUT2D eigenvalue weighted by Gasteiger charge is -2.32. The number of likely N-dealkylation sites (tertiary alicyclic amines) is 1. The van der Waals surface area contributed by atoms with Crippen molar-refractivity contribution in [2.24, 2.45) is 5.92 Å². The largest absolute Gasteiger partial charge is 0.490 e. The second-order valence-electron chi connectivity index (χ2n) is 10.6. The van der Waals surface area contributed by atoms with Crippen molar-refractivity contribution >= 4 is 51.9 Å². The van der Waals surface area contributed by atoms with E-state index in [4.69, 9.17) is 29.5 Å². The molecule has 0 saturated carbocycles. The highest BCUT2D eigenvalue weighted by Gasteiger charge is 2.39. The van der Waals surface area contributed by atoms with Crippen molar-refractivity contribution in [2.45, 2.75) is 55.1 Å². The Kier molecular flexibility index (Phi) is 14.5. The predicted molar refractivity (Wildman–Crippen MR) is 169 cm³/mol. The summed E-state index contributed by atoms with van der Waals surface area (Å²) in [6.07, 6.45) is -4.09. The van der Waals surface area contributed by atoms with Crippen LogP contribution in [0.25, 0.3) is 0 Å². The molecule has 3 aromatic rings. The molecular formula is C30H33F6N5O6S2. The van der Waals surface area contributed by atoms with Gasteiger partial charge in [-0.3, -0.25) is 4.79 Å². The van der Waals surface area contributed by atoms with E-state index < -0.39 is 24.3 Å². The van der Waals surface area contributed by atoms with E-state index in [1.165, 1.54) is 11.3 Å². The predicted octanol–water partition coefficient (Wildman–Crippen LogP) is 6.73. The molecule has 1 aromatic carbocycles. The van der Waals surface area contributed by atoms with Crippen LogP contribution in [-0.2, 0) is 14.4 Å². The molecule has 5 rings (SSSR count). The summed E-state index contributed by atoms with van der Waals surface area (Å²) >= 11 is 3.16. The van der Waals surface area contributed by atoms with Gasteiger partial charge in [-0.15, -0.1) is 23.1 Å². The number of alkyl halides is 6. The van der Waals surface area contributed by atoms with Gasteiger partial charge in [-0.25, -0.2) is 19.6 Å². The van der Waals surface area contributed by atoms with E-state index in [1.807, 2.05) is 54.9 Å². The second-order valence-corrected chi connectivity index (χ2v) is 12.7. The standard InChI is InChI=1S/C26H31N5O2S2.2C2HF3O2/c1-18-17-34-26(29-18)30-24-22(33-20-7-3-2-4-8-20)15-21(16-28-24)35-23(19-9-11-27-12-10-19)25(32)31-13-5-6-14-31;2*3-2(4,5)1(6)7/h2-4,7-8,15-17,19,23,27H,5-6,9-14H2,1H3,(H,28,29,30);2*(H,6,7). The summed E-state index contributed by atoms with van der Waals surface area (Å²) in [6, 6.07) is 11.7. The third-order valence-electron chi connectivity index (χ3n) is 6.86. The highest BCUT2D eigenvalue weighted by Crippen LogP contribution is 2.39. The number of benzene rings is 1. The van der Waals surface area contributed by atoms with Crippen LogP contribution in [0.5, 0.6) is 11.5 Å². The molecule has 0 radical (unpaired) electrons. The van der Waals surface area contributed by atoms with Crippen LogP contribution < -0.4 is 15.4 Å². The second kappa shape index (κ2) is 18.1. The van der Waals surface area contributed by atoms with E-state index in [2.05, 4.69) is 20.5 Å². The average Bonchev–Trinajstić information content (AvgIpc) is 3.74. The van der Waals surface area contributed by atoms with Crippen molar-refractivity contribution in [1.82, 2.24) is 20.2 Å². The summed E-state index contributed by atoms with van der Waals surface area (Å²) in [7, 11) is 0. The molecule has 2 aromatic heterocycles. The number of hydrogen-bond acceptors (Lipinski definition) is 10. The summed E-state index contributed by atoms with van der Waals surface area (Å²) in [6.45, 7) is 5.64. The Hall–Kier alpha value is -4.10. The molecule has 1 amide bonds. The quantitative estimate of drug-likeness (QED) is 0.144. The maximum Gasteiger partial charge on any atom is 0.490 e. The lowest BCUT2D eigenvalue weighted by atomic mass is 9.93. The number of halogens is 6. The highest BCUT2D eigenvalue weighted by atomic mass is 32.2. The Morgan fingerprint density at radius 2 is 1.59 bits per heavy atom. The number of pyridine rings is 1. The Labute approximate surface area is 285 Å². The number of anilines is 2. The third-order valence-corrected chi connectivity index (χ3v) is 9.08. The van der Waals surface area contributed by atoms with Crippen LogP contribution in [0.3, 0.4) is 0 Å². The molecule has 4 heterocycles. The number of hydrogen-bond donors (Lipinski definition) is 4. The van der Waals surface area contributed by atoms with Crippen molar-refractivity contribution < 1.29 is 55.7 Å². The van der Waals surface area contributed by atoms with Crippen molar-refractivity contribution in [2.75, 3.05) is 31.5 Å². The summed E-state index contributed by atoms with van der Waals surface area (Å²) in [5.74, 6) is -2.93. The van der Waals surface area contributed by atoms with Crippen molar-refractivity contribution in [3.63, 3.8) is 0 Å². The first-order chi connectivity index (χ1) is 23.0. The van der Waals surface area contributed by atoms with Crippen LogP contribution in [0, 0.1) is 12.8 Å². The number of carbonyl (C=O) groups is 3. The Balaban J connectivity index is 0.000000392. The number of piperidine rings is 1. The van der Waals surface area contributed by atoms with Crippen LogP contribution >= 0.6 is 23.1 Å². The lowest BCUT2D eigenvalue weighted by Crippen LogP contribution is -2.43. The number of para-hydroxylation sites is 1. The summed E-state index contributed by atoms with van der Waals surface area (Å²) in [5, 5.41) is 23.6. The fraction of sp³-hybridized carbons (Fsp3) is 0.433. The van der Waals surface area contributed by atoms with Gasteiger partial charge in [-0.05, 0) is 69.8 Å². The molecule has 11 nitrogen and oxygen atoms in total. The van der Waals surface area contributed by atoms with E-state index >= 15 is 0 Å². The molecule has 2 aliphatic heterocycles. The van der Waals surface area contributed by atoms with E-state index in [1.54, 1.807) is 11.8 Å². The molecule has 1 unspecified atom stereocenters. The summed E-state index contributed by atoms with van der Waals surface area (Å²) in [4.78, 5) is 43.5. The first-order valence-corrected chi connectivity index (χ1v) is 16.5. The normalized spacial score (nSPS) is 15.6. The van der Waals surface area contributed by atoms with Crippen molar-refractivity contribution in [1.29, 1.82) is 0 Å². The maximum absolute atomic E-state index is 13.5. The van der Waals surface area contributed by atoms with Crippen LogP contribution in [-0.4, -0.2) is 86.7 Å². The third kappa shape index (κ3) is 13.0. The van der Waals surface area contributed by atoms with E-state index in [-0.39, 0.29) is 11.2 Å². The molecule has 268 valence electrons. The number of thiazole rings is 1. The number of thioether (sulfide) groups is 1. The van der Waals surface area contributed by atoms with Gasteiger partial charge >= 0.3 is 24.3 Å². The molecule has 0 bridgehead atoms.